The first-order valence-electron chi connectivity index (χ1n) is 8.53. The van der Waals surface area contributed by atoms with E-state index in [-0.39, 0.29) is 18.6 Å². The molecule has 0 unspecified atom stereocenters. The van der Waals surface area contributed by atoms with Crippen LogP contribution >= 0.6 is 0 Å². The second kappa shape index (κ2) is 8.53. The van der Waals surface area contributed by atoms with Gasteiger partial charge in [-0.2, -0.15) is 0 Å². The molecular formula is C20H23NO4. The van der Waals surface area contributed by atoms with Crippen molar-refractivity contribution in [2.75, 3.05) is 25.1 Å². The first-order valence-corrected chi connectivity index (χ1v) is 8.53. The van der Waals surface area contributed by atoms with E-state index in [9.17, 15) is 4.79 Å². The minimum Gasteiger partial charge on any atom is -0.489 e. The third kappa shape index (κ3) is 5.22. The molecule has 1 N–H and O–H groups in total. The Balaban J connectivity index is 1.53. The van der Waals surface area contributed by atoms with Gasteiger partial charge in [0.1, 0.15) is 18.1 Å². The van der Waals surface area contributed by atoms with E-state index in [1.807, 2.05) is 55.5 Å². The summed E-state index contributed by atoms with van der Waals surface area (Å²) in [6.07, 6.45) is 2.22. The number of carbonyl (C=O) groups is 1. The van der Waals surface area contributed by atoms with Crippen molar-refractivity contribution in [3.63, 3.8) is 0 Å². The number of benzene rings is 2. The fourth-order valence-corrected chi connectivity index (χ4v) is 2.69. The zero-order valence-corrected chi connectivity index (χ0v) is 14.4. The van der Waals surface area contributed by atoms with Crippen LogP contribution in [0.15, 0.2) is 48.5 Å². The van der Waals surface area contributed by atoms with Gasteiger partial charge < -0.3 is 19.5 Å². The van der Waals surface area contributed by atoms with Gasteiger partial charge in [0, 0.05) is 6.61 Å². The number of para-hydroxylation sites is 2. The van der Waals surface area contributed by atoms with Crippen molar-refractivity contribution in [2.24, 2.45) is 0 Å². The number of nitrogens with one attached hydrogen (secondary N) is 1. The molecule has 1 fully saturated rings. The minimum absolute atomic E-state index is 0.0521. The Bertz CT molecular complexity index is 710. The van der Waals surface area contributed by atoms with E-state index in [0.717, 1.165) is 25.0 Å². The van der Waals surface area contributed by atoms with Gasteiger partial charge in [0.25, 0.3) is 5.91 Å². The number of anilines is 1. The average Bonchev–Trinajstić information content (AvgIpc) is 3.13. The number of amides is 1. The molecule has 1 atom stereocenters. The van der Waals surface area contributed by atoms with Crippen molar-refractivity contribution in [1.29, 1.82) is 0 Å². The predicted molar refractivity (Wildman–Crippen MR) is 96.2 cm³/mol. The zero-order chi connectivity index (χ0) is 17.5. The van der Waals surface area contributed by atoms with Gasteiger partial charge in [-0.05, 0) is 49.6 Å². The van der Waals surface area contributed by atoms with Gasteiger partial charge in [-0.3, -0.25) is 4.79 Å². The number of hydrogen-bond donors (Lipinski definition) is 1. The summed E-state index contributed by atoms with van der Waals surface area (Å²) < 4.78 is 16.9. The first-order chi connectivity index (χ1) is 12.2. The molecule has 0 aromatic heterocycles. The highest BCUT2D eigenvalue weighted by atomic mass is 16.5. The standard InChI is InChI=1S/C20H23NO4/c1-15-6-4-7-16(12-15)24-14-20(22)21-18-9-2-3-10-19(18)25-13-17-8-5-11-23-17/h2-4,6-7,9-10,12,17H,5,8,11,13-14H2,1H3,(H,21,22)/t17-/m0/s1. The van der Waals surface area contributed by atoms with E-state index < -0.39 is 0 Å². The van der Waals surface area contributed by atoms with Crippen molar-refractivity contribution in [3.05, 3.63) is 54.1 Å². The Morgan fingerprint density at radius 3 is 2.88 bits per heavy atom. The Morgan fingerprint density at radius 2 is 2.08 bits per heavy atom. The molecule has 1 saturated heterocycles. The summed E-state index contributed by atoms with van der Waals surface area (Å²) in [4.78, 5) is 12.2. The van der Waals surface area contributed by atoms with Crippen molar-refractivity contribution >= 4 is 11.6 Å². The maximum Gasteiger partial charge on any atom is 0.262 e. The molecule has 1 aliphatic heterocycles. The normalized spacial score (nSPS) is 16.4. The van der Waals surface area contributed by atoms with Gasteiger partial charge in [-0.25, -0.2) is 0 Å². The summed E-state index contributed by atoms with van der Waals surface area (Å²) in [7, 11) is 0. The molecule has 25 heavy (non-hydrogen) atoms. The van der Waals surface area contributed by atoms with Crippen molar-refractivity contribution in [1.82, 2.24) is 0 Å². The molecule has 5 nitrogen and oxygen atoms in total. The molecule has 132 valence electrons. The van der Waals surface area contributed by atoms with Gasteiger partial charge >= 0.3 is 0 Å². The van der Waals surface area contributed by atoms with Gasteiger partial charge in [0.05, 0.1) is 11.8 Å². The van der Waals surface area contributed by atoms with Crippen molar-refractivity contribution < 1.29 is 19.0 Å². The summed E-state index contributed by atoms with van der Waals surface area (Å²) in [5, 5.41) is 2.84. The topological polar surface area (TPSA) is 56.8 Å². The van der Waals surface area contributed by atoms with Crippen LogP contribution in [0.3, 0.4) is 0 Å². The summed E-state index contributed by atoms with van der Waals surface area (Å²) in [6.45, 7) is 3.22. The molecule has 1 amide bonds. The molecule has 2 aromatic carbocycles. The number of ether oxygens (including phenoxy) is 3. The van der Waals surface area contributed by atoms with Crippen LogP contribution in [0.1, 0.15) is 18.4 Å². The van der Waals surface area contributed by atoms with Crippen LogP contribution in [0.2, 0.25) is 0 Å². The zero-order valence-electron chi connectivity index (χ0n) is 14.4. The van der Waals surface area contributed by atoms with Crippen LogP contribution in [0.25, 0.3) is 0 Å². The predicted octanol–water partition coefficient (Wildman–Crippen LogP) is 3.57. The molecule has 0 bridgehead atoms. The van der Waals surface area contributed by atoms with E-state index >= 15 is 0 Å². The molecule has 2 aromatic rings. The third-order valence-electron chi connectivity index (χ3n) is 3.97. The van der Waals surface area contributed by atoms with E-state index in [1.54, 1.807) is 0 Å². The molecule has 0 aliphatic carbocycles. The third-order valence-corrected chi connectivity index (χ3v) is 3.97. The molecule has 1 heterocycles. The van der Waals surface area contributed by atoms with Gasteiger partial charge in [0.15, 0.2) is 6.61 Å². The monoisotopic (exact) mass is 341 g/mol. The highest BCUT2D eigenvalue weighted by Crippen LogP contribution is 2.25. The maximum absolute atomic E-state index is 12.2. The fraction of sp³-hybridized carbons (Fsp3) is 0.350. The molecule has 0 radical (unpaired) electrons. The van der Waals surface area contributed by atoms with Gasteiger partial charge in [-0.15, -0.1) is 0 Å². The van der Waals surface area contributed by atoms with E-state index in [0.29, 0.717) is 23.8 Å². The van der Waals surface area contributed by atoms with E-state index in [2.05, 4.69) is 5.32 Å². The van der Waals surface area contributed by atoms with Crippen LogP contribution in [0, 0.1) is 6.92 Å². The highest BCUT2D eigenvalue weighted by Gasteiger charge is 2.17. The number of rotatable bonds is 7. The minimum atomic E-state index is -0.227. The summed E-state index contributed by atoms with van der Waals surface area (Å²) >= 11 is 0. The van der Waals surface area contributed by atoms with Crippen LogP contribution in [-0.4, -0.2) is 31.8 Å². The lowest BCUT2D eigenvalue weighted by Crippen LogP contribution is -2.21. The Morgan fingerprint density at radius 1 is 1.20 bits per heavy atom. The summed E-state index contributed by atoms with van der Waals surface area (Å²) in [5.74, 6) is 1.09. The lowest BCUT2D eigenvalue weighted by Gasteiger charge is -2.15. The second-order valence-corrected chi connectivity index (χ2v) is 6.10. The highest BCUT2D eigenvalue weighted by molar-refractivity contribution is 5.93. The molecule has 3 rings (SSSR count). The number of hydrogen-bond acceptors (Lipinski definition) is 4. The molecular weight excluding hydrogens is 318 g/mol. The van der Waals surface area contributed by atoms with Crippen LogP contribution in [0.5, 0.6) is 11.5 Å². The lowest BCUT2D eigenvalue weighted by molar-refractivity contribution is -0.118. The van der Waals surface area contributed by atoms with Crippen molar-refractivity contribution in [3.8, 4) is 11.5 Å². The molecule has 0 saturated carbocycles. The lowest BCUT2D eigenvalue weighted by atomic mass is 10.2. The number of carbonyl (C=O) groups excluding carboxylic acids is 1. The molecule has 1 aliphatic rings. The summed E-state index contributed by atoms with van der Waals surface area (Å²) in [5.41, 5.74) is 1.73. The smallest absolute Gasteiger partial charge is 0.262 e. The SMILES string of the molecule is Cc1cccc(OCC(=O)Nc2ccccc2OC[C@@H]2CCCO2)c1. The van der Waals surface area contributed by atoms with Crippen LogP contribution in [0.4, 0.5) is 5.69 Å². The van der Waals surface area contributed by atoms with E-state index in [4.69, 9.17) is 14.2 Å². The first kappa shape index (κ1) is 17.3. The van der Waals surface area contributed by atoms with Gasteiger partial charge in [0.2, 0.25) is 0 Å². The van der Waals surface area contributed by atoms with Crippen molar-refractivity contribution in [2.45, 2.75) is 25.9 Å². The van der Waals surface area contributed by atoms with Crippen LogP contribution < -0.4 is 14.8 Å². The van der Waals surface area contributed by atoms with Gasteiger partial charge in [-0.1, -0.05) is 24.3 Å². The largest absolute Gasteiger partial charge is 0.489 e. The summed E-state index contributed by atoms with van der Waals surface area (Å²) in [6, 6.07) is 15.0. The molecule has 5 heteroatoms. The fourth-order valence-electron chi connectivity index (χ4n) is 2.69. The van der Waals surface area contributed by atoms with E-state index in [1.165, 1.54) is 0 Å². The Labute approximate surface area is 147 Å². The Kier molecular flexibility index (Phi) is 5.90. The average molecular weight is 341 g/mol. The maximum atomic E-state index is 12.2. The molecule has 0 spiro atoms. The van der Waals surface area contributed by atoms with Crippen LogP contribution in [-0.2, 0) is 9.53 Å². The second-order valence-electron chi connectivity index (χ2n) is 6.10. The Hall–Kier alpha value is -2.53. The number of aryl methyl sites for hydroxylation is 1. The quantitative estimate of drug-likeness (QED) is 0.836.